The monoisotopic (exact) mass is 385 g/mol. The quantitative estimate of drug-likeness (QED) is 0.710. The lowest BCUT2D eigenvalue weighted by Gasteiger charge is -2.45. The van der Waals surface area contributed by atoms with E-state index in [0.29, 0.717) is 0 Å². The molecule has 1 rings (SSSR count). The molecule has 9 nitrogen and oxygen atoms in total. The normalized spacial score (nSPS) is 26.6. The Morgan fingerprint density at radius 2 is 0.870 bits per heavy atom. The van der Waals surface area contributed by atoms with Crippen LogP contribution < -0.4 is 5.09 Å². The fourth-order valence-corrected chi connectivity index (χ4v) is 16.7. The third-order valence-electron chi connectivity index (χ3n) is 3.73. The molecule has 1 aliphatic rings. The molecule has 0 aliphatic carbocycles. The Kier molecular flexibility index (Phi) is 6.88. The van der Waals surface area contributed by atoms with Crippen molar-refractivity contribution in [2.75, 3.05) is 77.5 Å². The summed E-state index contributed by atoms with van der Waals surface area (Å²) in [6, 6.07) is 0. The van der Waals surface area contributed by atoms with Gasteiger partial charge in [0.2, 0.25) is 22.5 Å². The first-order chi connectivity index (χ1) is 10.4. The minimum absolute atomic E-state index is 1.95. The Balaban J connectivity index is 4.08. The Bertz CT molecular complexity index is 548. The second kappa shape index (κ2) is 7.36. The zero-order chi connectivity index (χ0) is 18.2. The number of rotatable bonds is 6. The SMILES string of the molecule is CNP1(N(C)C)=NP(N(C)C)(N(C)C)=NP(N(C)C)(N(C)C)=N1. The summed E-state index contributed by atoms with van der Waals surface area (Å²) in [4.78, 5) is 0. The van der Waals surface area contributed by atoms with Crippen LogP contribution in [0, 0.1) is 0 Å². The predicted molar refractivity (Wildman–Crippen MR) is 106 cm³/mol. The number of nitrogens with zero attached hydrogens (tertiary/aromatic N) is 8. The molecule has 0 aromatic heterocycles. The van der Waals surface area contributed by atoms with Gasteiger partial charge in [-0.25, -0.2) is 23.4 Å². The molecule has 1 heterocycles. The molecule has 0 saturated carbocycles. The molecule has 1 aliphatic heterocycles. The molecular weight excluding hydrogens is 351 g/mol. The van der Waals surface area contributed by atoms with Gasteiger partial charge in [-0.1, -0.05) is 0 Å². The summed E-state index contributed by atoms with van der Waals surface area (Å²) in [6.07, 6.45) is 0. The van der Waals surface area contributed by atoms with Crippen molar-refractivity contribution in [3.05, 3.63) is 0 Å². The molecule has 0 bridgehead atoms. The molecule has 1 unspecified atom stereocenters. The highest BCUT2D eigenvalue weighted by Crippen LogP contribution is 2.79. The average molecular weight is 385 g/mol. The fraction of sp³-hybridized carbons (Fsp3) is 1.00. The van der Waals surface area contributed by atoms with Gasteiger partial charge in [-0.3, -0.25) is 5.09 Å². The summed E-state index contributed by atoms with van der Waals surface area (Å²) in [5, 5.41) is 3.44. The van der Waals surface area contributed by atoms with Gasteiger partial charge >= 0.3 is 0 Å². The largest absolute Gasteiger partial charge is 0.256 e. The molecule has 0 amide bonds. The predicted octanol–water partition coefficient (Wildman–Crippen LogP) is 2.87. The van der Waals surface area contributed by atoms with Gasteiger partial charge in [0.05, 0.1) is 0 Å². The van der Waals surface area contributed by atoms with Gasteiger partial charge in [-0.15, -0.1) is 0 Å². The molecule has 0 fully saturated rings. The molecule has 23 heavy (non-hydrogen) atoms. The number of hydrogen-bond acceptors (Lipinski definition) is 9. The molecule has 0 radical (unpaired) electrons. The van der Waals surface area contributed by atoms with Gasteiger partial charge in [0.1, 0.15) is 0 Å². The van der Waals surface area contributed by atoms with E-state index in [4.69, 9.17) is 13.5 Å². The van der Waals surface area contributed by atoms with Gasteiger partial charge in [0, 0.05) is 0 Å². The number of nitrogens with one attached hydrogen (secondary N) is 1. The summed E-state index contributed by atoms with van der Waals surface area (Å²) >= 11 is 0. The fourth-order valence-electron chi connectivity index (χ4n) is 2.35. The van der Waals surface area contributed by atoms with Crippen LogP contribution in [0.4, 0.5) is 0 Å². The first kappa shape index (κ1) is 21.5. The van der Waals surface area contributed by atoms with E-state index in [2.05, 4.69) is 84.8 Å². The van der Waals surface area contributed by atoms with E-state index in [1.54, 1.807) is 0 Å². The molecule has 138 valence electrons. The second-order valence-corrected chi connectivity index (χ2v) is 16.2. The molecule has 0 aromatic carbocycles. The third kappa shape index (κ3) is 3.55. The molecule has 1 atom stereocenters. The molecule has 0 saturated heterocycles. The lowest BCUT2D eigenvalue weighted by molar-refractivity contribution is 0.542. The van der Waals surface area contributed by atoms with Crippen LogP contribution in [0.15, 0.2) is 13.5 Å². The van der Waals surface area contributed by atoms with Crippen LogP contribution in [-0.4, -0.2) is 101 Å². The topological polar surface area (TPSA) is 65.3 Å². The van der Waals surface area contributed by atoms with Crippen LogP contribution in [0.25, 0.3) is 0 Å². The van der Waals surface area contributed by atoms with Crippen LogP contribution in [-0.2, 0) is 0 Å². The summed E-state index contributed by atoms with van der Waals surface area (Å²) in [7, 11) is 15.9. The van der Waals surface area contributed by atoms with Crippen LogP contribution in [0.3, 0.4) is 0 Å². The summed E-state index contributed by atoms with van der Waals surface area (Å²) in [6.45, 7) is 0. The highest BCUT2D eigenvalue weighted by molar-refractivity contribution is 7.83. The number of hydrogen-bond donors (Lipinski definition) is 1. The van der Waals surface area contributed by atoms with E-state index < -0.39 is 22.5 Å². The smallest absolute Gasteiger partial charge is 0.220 e. The highest BCUT2D eigenvalue weighted by atomic mass is 31.3. The zero-order valence-electron chi connectivity index (χ0n) is 16.4. The first-order valence-corrected chi connectivity index (χ1v) is 12.2. The Morgan fingerprint density at radius 3 is 1.13 bits per heavy atom. The second-order valence-electron chi connectivity index (χ2n) is 6.37. The molecular formula is C11H34N9P3. The Hall–Kier alpha value is 0.450. The van der Waals surface area contributed by atoms with Gasteiger partial charge in [-0.05, 0) is 77.5 Å². The van der Waals surface area contributed by atoms with Crippen molar-refractivity contribution < 1.29 is 0 Å². The van der Waals surface area contributed by atoms with Crippen molar-refractivity contribution in [2.45, 2.75) is 0 Å². The maximum Gasteiger partial charge on any atom is 0.220 e. The maximum atomic E-state index is 5.32. The van der Waals surface area contributed by atoms with Crippen molar-refractivity contribution >= 4 is 22.5 Å². The molecule has 1 N–H and O–H groups in total. The van der Waals surface area contributed by atoms with Crippen LogP contribution in [0.5, 0.6) is 0 Å². The van der Waals surface area contributed by atoms with Crippen molar-refractivity contribution in [1.82, 2.24) is 28.4 Å². The van der Waals surface area contributed by atoms with Crippen molar-refractivity contribution in [2.24, 2.45) is 13.5 Å². The van der Waals surface area contributed by atoms with Crippen LogP contribution in [0.2, 0.25) is 0 Å². The summed E-state index contributed by atoms with van der Waals surface area (Å²) in [5.74, 6) is 0. The van der Waals surface area contributed by atoms with Crippen molar-refractivity contribution in [3.63, 3.8) is 0 Å². The molecule has 12 heteroatoms. The molecule has 0 aromatic rings. The minimum Gasteiger partial charge on any atom is -0.256 e. The zero-order valence-corrected chi connectivity index (χ0v) is 19.1. The van der Waals surface area contributed by atoms with Crippen molar-refractivity contribution in [3.8, 4) is 0 Å². The first-order valence-electron chi connectivity index (χ1n) is 7.40. The van der Waals surface area contributed by atoms with E-state index in [0.717, 1.165) is 0 Å². The van der Waals surface area contributed by atoms with E-state index >= 15 is 0 Å². The third-order valence-corrected chi connectivity index (χ3v) is 15.6. The van der Waals surface area contributed by atoms with E-state index in [-0.39, 0.29) is 0 Å². The minimum atomic E-state index is -2.23. The van der Waals surface area contributed by atoms with Gasteiger partial charge < -0.3 is 0 Å². The van der Waals surface area contributed by atoms with E-state index in [9.17, 15) is 0 Å². The van der Waals surface area contributed by atoms with Gasteiger partial charge in [0.15, 0.2) is 0 Å². The van der Waals surface area contributed by atoms with Gasteiger partial charge in [-0.2, -0.15) is 13.5 Å². The van der Waals surface area contributed by atoms with E-state index in [1.165, 1.54) is 0 Å². The Labute approximate surface area is 142 Å². The standard InChI is InChI=1S/C11H34N9P3/c1-12-21(16(2)3)13-22(17(4)5,18(6)7)15-23(14-21,19(8)9)20(10)11/h12H,1-11H3. The maximum absolute atomic E-state index is 5.32. The molecule has 0 spiro atoms. The highest BCUT2D eigenvalue weighted by Gasteiger charge is 2.42. The van der Waals surface area contributed by atoms with Crippen LogP contribution >= 0.6 is 22.5 Å². The average Bonchev–Trinajstić information content (AvgIpc) is 2.45. The summed E-state index contributed by atoms with van der Waals surface area (Å²) < 4.78 is 26.6. The Morgan fingerprint density at radius 1 is 0.522 bits per heavy atom. The summed E-state index contributed by atoms with van der Waals surface area (Å²) in [5.41, 5.74) is 0. The lowest BCUT2D eigenvalue weighted by atomic mass is 11.3. The lowest BCUT2D eigenvalue weighted by Crippen LogP contribution is -2.28. The van der Waals surface area contributed by atoms with Crippen LogP contribution in [0.1, 0.15) is 0 Å². The van der Waals surface area contributed by atoms with E-state index in [1.807, 2.05) is 21.1 Å². The van der Waals surface area contributed by atoms with Crippen molar-refractivity contribution in [1.29, 1.82) is 0 Å². The van der Waals surface area contributed by atoms with Gasteiger partial charge in [0.25, 0.3) is 0 Å².